The molecule has 1 heterocycles. The van der Waals surface area contributed by atoms with E-state index in [0.29, 0.717) is 0 Å². The van der Waals surface area contributed by atoms with Gasteiger partial charge in [0.2, 0.25) is 0 Å². The normalized spacial score (nSPS) is 17.2. The Morgan fingerprint density at radius 1 is 1.41 bits per heavy atom. The topological polar surface area (TPSA) is 72.4 Å². The highest BCUT2D eigenvalue weighted by molar-refractivity contribution is 5.67. The number of nitro benzene ring substituents is 1. The molecule has 1 aromatic rings. The van der Waals surface area contributed by atoms with E-state index in [-0.39, 0.29) is 16.7 Å². The third-order valence-electron chi connectivity index (χ3n) is 3.27. The maximum absolute atomic E-state index is 11.0. The summed E-state index contributed by atoms with van der Waals surface area (Å²) in [6.45, 7) is 3.51. The van der Waals surface area contributed by atoms with Crippen molar-refractivity contribution in [1.29, 1.82) is 0 Å². The van der Waals surface area contributed by atoms with Crippen molar-refractivity contribution in [2.45, 2.75) is 25.8 Å². The fourth-order valence-corrected chi connectivity index (χ4v) is 2.33. The van der Waals surface area contributed by atoms with Crippen molar-refractivity contribution in [3.05, 3.63) is 33.9 Å². The van der Waals surface area contributed by atoms with E-state index >= 15 is 0 Å². The summed E-state index contributed by atoms with van der Waals surface area (Å²) in [5.41, 5.74) is 7.75. The third-order valence-corrected chi connectivity index (χ3v) is 3.27. The van der Waals surface area contributed by atoms with Gasteiger partial charge in [0, 0.05) is 25.2 Å². The van der Waals surface area contributed by atoms with Gasteiger partial charge in [0.25, 0.3) is 5.69 Å². The molecule has 17 heavy (non-hydrogen) atoms. The highest BCUT2D eigenvalue weighted by Gasteiger charge is 2.24. The first-order chi connectivity index (χ1) is 8.09. The Kier molecular flexibility index (Phi) is 3.28. The van der Waals surface area contributed by atoms with E-state index < -0.39 is 0 Å². The van der Waals surface area contributed by atoms with Crippen molar-refractivity contribution >= 4 is 11.4 Å². The van der Waals surface area contributed by atoms with Gasteiger partial charge in [-0.2, -0.15) is 0 Å². The van der Waals surface area contributed by atoms with Crippen LogP contribution in [-0.4, -0.2) is 24.1 Å². The van der Waals surface area contributed by atoms with Crippen LogP contribution in [0.2, 0.25) is 0 Å². The van der Waals surface area contributed by atoms with Crippen molar-refractivity contribution in [2.24, 2.45) is 5.73 Å². The van der Waals surface area contributed by atoms with Crippen LogP contribution in [0.4, 0.5) is 11.4 Å². The summed E-state index contributed by atoms with van der Waals surface area (Å²) in [5, 5.41) is 11.0. The second-order valence-corrected chi connectivity index (χ2v) is 4.52. The summed E-state index contributed by atoms with van der Waals surface area (Å²) in [6, 6.07) is 5.44. The molecule has 0 radical (unpaired) electrons. The Hall–Kier alpha value is -1.62. The lowest BCUT2D eigenvalue weighted by molar-refractivity contribution is -0.384. The molecule has 0 aromatic heterocycles. The third kappa shape index (κ3) is 2.39. The summed E-state index contributed by atoms with van der Waals surface area (Å²) in [5.74, 6) is 0. The van der Waals surface area contributed by atoms with Gasteiger partial charge >= 0.3 is 0 Å². The lowest BCUT2D eigenvalue weighted by Gasteiger charge is -2.32. The second kappa shape index (κ2) is 4.71. The lowest BCUT2D eigenvalue weighted by atomic mass is 10.0. The SMILES string of the molecule is Cc1cccc([N+](=O)[O-])c1N1CCC(N)CC1. The summed E-state index contributed by atoms with van der Waals surface area (Å²) >= 11 is 0. The van der Waals surface area contributed by atoms with Crippen molar-refractivity contribution in [2.75, 3.05) is 18.0 Å². The zero-order valence-corrected chi connectivity index (χ0v) is 9.93. The molecule has 0 unspecified atom stereocenters. The number of hydrogen-bond donors (Lipinski definition) is 1. The number of benzene rings is 1. The van der Waals surface area contributed by atoms with E-state index in [2.05, 4.69) is 4.90 Å². The van der Waals surface area contributed by atoms with Gasteiger partial charge < -0.3 is 10.6 Å². The number of rotatable bonds is 2. The zero-order chi connectivity index (χ0) is 12.4. The highest BCUT2D eigenvalue weighted by atomic mass is 16.6. The molecule has 5 heteroatoms. The standard InChI is InChI=1S/C12H17N3O2/c1-9-3-2-4-11(15(16)17)12(9)14-7-5-10(13)6-8-14/h2-4,10H,5-8,13H2,1H3. The molecule has 1 saturated heterocycles. The Balaban J connectivity index is 2.33. The summed E-state index contributed by atoms with van der Waals surface area (Å²) in [7, 11) is 0. The summed E-state index contributed by atoms with van der Waals surface area (Å²) in [4.78, 5) is 12.8. The number of nitrogens with zero attached hydrogens (tertiary/aromatic N) is 2. The zero-order valence-electron chi connectivity index (χ0n) is 9.93. The molecule has 2 N–H and O–H groups in total. The number of anilines is 1. The van der Waals surface area contributed by atoms with Crippen molar-refractivity contribution < 1.29 is 4.92 Å². The van der Waals surface area contributed by atoms with E-state index in [1.54, 1.807) is 12.1 Å². The largest absolute Gasteiger partial charge is 0.366 e. The fraction of sp³-hybridized carbons (Fsp3) is 0.500. The Morgan fingerprint density at radius 3 is 2.65 bits per heavy atom. The smallest absolute Gasteiger partial charge is 0.292 e. The van der Waals surface area contributed by atoms with Crippen LogP contribution in [0.1, 0.15) is 18.4 Å². The first-order valence-electron chi connectivity index (χ1n) is 5.84. The van der Waals surface area contributed by atoms with Gasteiger partial charge in [0.1, 0.15) is 5.69 Å². The molecule has 0 saturated carbocycles. The summed E-state index contributed by atoms with van der Waals surface area (Å²) < 4.78 is 0. The first-order valence-corrected chi connectivity index (χ1v) is 5.84. The molecule has 92 valence electrons. The van der Waals surface area contributed by atoms with Crippen molar-refractivity contribution in [3.8, 4) is 0 Å². The van der Waals surface area contributed by atoms with Crippen LogP contribution in [0.15, 0.2) is 18.2 Å². The average Bonchev–Trinajstić information content (AvgIpc) is 2.30. The molecule has 2 rings (SSSR count). The minimum atomic E-state index is -0.309. The lowest BCUT2D eigenvalue weighted by Crippen LogP contribution is -2.40. The van der Waals surface area contributed by atoms with Gasteiger partial charge in [-0.05, 0) is 25.3 Å². The number of para-hydroxylation sites is 1. The van der Waals surface area contributed by atoms with Crippen LogP contribution >= 0.6 is 0 Å². The molecule has 0 bridgehead atoms. The predicted octanol–water partition coefficient (Wildman–Crippen LogP) is 1.83. The predicted molar refractivity (Wildman–Crippen MR) is 67.3 cm³/mol. The summed E-state index contributed by atoms with van der Waals surface area (Å²) in [6.07, 6.45) is 1.79. The van der Waals surface area contributed by atoms with Crippen molar-refractivity contribution in [1.82, 2.24) is 0 Å². The molecule has 1 aliphatic heterocycles. The number of piperidine rings is 1. The Bertz CT molecular complexity index is 426. The maximum Gasteiger partial charge on any atom is 0.292 e. The van der Waals surface area contributed by atoms with Crippen LogP contribution < -0.4 is 10.6 Å². The van der Waals surface area contributed by atoms with Gasteiger partial charge in [0.05, 0.1) is 4.92 Å². The fourth-order valence-electron chi connectivity index (χ4n) is 2.33. The molecule has 1 aliphatic rings. The van der Waals surface area contributed by atoms with E-state index in [4.69, 9.17) is 5.73 Å². The average molecular weight is 235 g/mol. The van der Waals surface area contributed by atoms with E-state index in [1.165, 1.54) is 0 Å². The molecular formula is C12H17N3O2. The second-order valence-electron chi connectivity index (χ2n) is 4.52. The number of hydrogen-bond acceptors (Lipinski definition) is 4. The van der Waals surface area contributed by atoms with Gasteiger partial charge in [-0.15, -0.1) is 0 Å². The molecule has 1 aromatic carbocycles. The molecular weight excluding hydrogens is 218 g/mol. The Labute approximate surface area is 100 Å². The van der Waals surface area contributed by atoms with Crippen molar-refractivity contribution in [3.63, 3.8) is 0 Å². The molecule has 0 spiro atoms. The number of nitrogens with two attached hydrogens (primary N) is 1. The monoisotopic (exact) mass is 235 g/mol. The Morgan fingerprint density at radius 2 is 2.06 bits per heavy atom. The van der Waals surface area contributed by atoms with Crippen LogP contribution in [-0.2, 0) is 0 Å². The molecule has 0 aliphatic carbocycles. The van der Waals surface area contributed by atoms with E-state index in [0.717, 1.165) is 37.2 Å². The highest BCUT2D eigenvalue weighted by Crippen LogP contribution is 2.33. The minimum Gasteiger partial charge on any atom is -0.366 e. The van der Waals surface area contributed by atoms with Gasteiger partial charge in [-0.3, -0.25) is 10.1 Å². The first kappa shape index (κ1) is 11.9. The quantitative estimate of drug-likeness (QED) is 0.627. The maximum atomic E-state index is 11.0. The number of aryl methyl sites for hydroxylation is 1. The van der Waals surface area contributed by atoms with Crippen LogP contribution in [0, 0.1) is 17.0 Å². The number of nitro groups is 1. The molecule has 0 amide bonds. The van der Waals surface area contributed by atoms with Gasteiger partial charge in [0.15, 0.2) is 0 Å². The molecule has 1 fully saturated rings. The van der Waals surface area contributed by atoms with Crippen LogP contribution in [0.25, 0.3) is 0 Å². The van der Waals surface area contributed by atoms with Crippen LogP contribution in [0.3, 0.4) is 0 Å². The van der Waals surface area contributed by atoms with E-state index in [9.17, 15) is 10.1 Å². The van der Waals surface area contributed by atoms with Gasteiger partial charge in [-0.1, -0.05) is 12.1 Å². The molecule has 0 atom stereocenters. The van der Waals surface area contributed by atoms with E-state index in [1.807, 2.05) is 13.0 Å². The minimum absolute atomic E-state index is 0.195. The van der Waals surface area contributed by atoms with Gasteiger partial charge in [-0.25, -0.2) is 0 Å². The molecule has 5 nitrogen and oxygen atoms in total. The van der Waals surface area contributed by atoms with Crippen LogP contribution in [0.5, 0.6) is 0 Å².